The van der Waals surface area contributed by atoms with Crippen LogP contribution in [0.1, 0.15) is 25.2 Å². The summed E-state index contributed by atoms with van der Waals surface area (Å²) in [4.78, 5) is 17.2. The first kappa shape index (κ1) is 21.1. The fourth-order valence-electron chi connectivity index (χ4n) is 3.65. The number of fused-ring (bicyclic) bond motifs is 1. The third-order valence-corrected chi connectivity index (χ3v) is 6.10. The number of hydrogen-bond acceptors (Lipinski definition) is 5. The average Bonchev–Trinajstić information content (AvgIpc) is 3.36. The highest BCUT2D eigenvalue weighted by Gasteiger charge is 2.15. The van der Waals surface area contributed by atoms with Gasteiger partial charge < -0.3 is 14.5 Å². The molecular formula is C23H26N6OS. The summed E-state index contributed by atoms with van der Waals surface area (Å²) >= 11 is 1.40. The molecule has 31 heavy (non-hydrogen) atoms. The van der Waals surface area contributed by atoms with Gasteiger partial charge in [-0.1, -0.05) is 47.7 Å². The molecule has 0 aliphatic carbocycles. The molecule has 2 aromatic carbocycles. The Bertz CT molecular complexity index is 1210. The lowest BCUT2D eigenvalue weighted by atomic mass is 10.1. The summed E-state index contributed by atoms with van der Waals surface area (Å²) < 4.78 is 4.17. The second-order valence-electron chi connectivity index (χ2n) is 7.25. The number of nitrogens with one attached hydrogen (secondary N) is 1. The third kappa shape index (κ3) is 4.49. The van der Waals surface area contributed by atoms with Gasteiger partial charge in [0.05, 0.1) is 23.3 Å². The molecule has 8 heteroatoms. The molecular weight excluding hydrogens is 408 g/mol. The van der Waals surface area contributed by atoms with Gasteiger partial charge in [-0.2, -0.15) is 0 Å². The van der Waals surface area contributed by atoms with E-state index in [1.165, 1.54) is 17.3 Å². The van der Waals surface area contributed by atoms with Crippen molar-refractivity contribution in [1.29, 1.82) is 0 Å². The number of nitrogens with zero attached hydrogens (tertiary/aromatic N) is 5. The number of amides is 1. The molecule has 0 aliphatic heterocycles. The quantitative estimate of drug-likeness (QED) is 0.423. The predicted molar refractivity (Wildman–Crippen MR) is 124 cm³/mol. The van der Waals surface area contributed by atoms with Crippen molar-refractivity contribution >= 4 is 28.7 Å². The Morgan fingerprint density at radius 3 is 2.61 bits per heavy atom. The molecule has 0 unspecified atom stereocenters. The largest absolute Gasteiger partial charge is 0.348 e. The fourth-order valence-corrected chi connectivity index (χ4v) is 4.48. The summed E-state index contributed by atoms with van der Waals surface area (Å²) in [5, 5.41) is 12.4. The molecule has 0 saturated carbocycles. The number of thioether (sulfide) groups is 1. The molecule has 1 N–H and O–H groups in total. The molecule has 2 aromatic heterocycles. The number of aromatic nitrogens is 5. The van der Waals surface area contributed by atoms with Crippen LogP contribution in [0.4, 0.5) is 0 Å². The number of hydrogen-bond donors (Lipinski definition) is 1. The van der Waals surface area contributed by atoms with Crippen LogP contribution in [-0.2, 0) is 24.4 Å². The summed E-state index contributed by atoms with van der Waals surface area (Å²) in [6.45, 7) is 8.14. The van der Waals surface area contributed by atoms with Crippen molar-refractivity contribution in [3.05, 3.63) is 59.9 Å². The number of carbonyl (C=O) groups excluding carboxylic acids is 1. The van der Waals surface area contributed by atoms with E-state index in [1.807, 2.05) is 34.9 Å². The number of para-hydroxylation sites is 2. The first-order valence-electron chi connectivity index (χ1n) is 10.4. The lowest BCUT2D eigenvalue weighted by Crippen LogP contribution is -2.26. The van der Waals surface area contributed by atoms with Gasteiger partial charge in [0.1, 0.15) is 5.82 Å². The van der Waals surface area contributed by atoms with E-state index in [1.54, 1.807) is 0 Å². The highest BCUT2D eigenvalue weighted by atomic mass is 32.2. The molecule has 4 rings (SSSR count). The van der Waals surface area contributed by atoms with E-state index in [4.69, 9.17) is 0 Å². The molecule has 2 heterocycles. The van der Waals surface area contributed by atoms with Crippen molar-refractivity contribution in [2.24, 2.45) is 0 Å². The van der Waals surface area contributed by atoms with Gasteiger partial charge in [0.25, 0.3) is 0 Å². The molecule has 0 atom stereocenters. The van der Waals surface area contributed by atoms with E-state index in [0.717, 1.165) is 46.5 Å². The molecule has 0 radical (unpaired) electrons. The van der Waals surface area contributed by atoms with Gasteiger partial charge in [0, 0.05) is 18.7 Å². The lowest BCUT2D eigenvalue weighted by Gasteiger charge is -2.09. The Balaban J connectivity index is 1.41. The first-order valence-corrected chi connectivity index (χ1v) is 11.4. The number of rotatable bonds is 8. The van der Waals surface area contributed by atoms with Crippen LogP contribution in [0, 0.1) is 6.92 Å². The van der Waals surface area contributed by atoms with E-state index in [2.05, 4.69) is 64.0 Å². The number of imidazole rings is 1. The maximum absolute atomic E-state index is 12.5. The predicted octanol–water partition coefficient (Wildman–Crippen LogP) is 4.05. The van der Waals surface area contributed by atoms with E-state index in [9.17, 15) is 4.79 Å². The lowest BCUT2D eigenvalue weighted by molar-refractivity contribution is -0.118. The Kier molecular flexibility index (Phi) is 6.36. The van der Waals surface area contributed by atoms with Gasteiger partial charge in [0.15, 0.2) is 11.0 Å². The van der Waals surface area contributed by atoms with Crippen LogP contribution in [0.3, 0.4) is 0 Å². The van der Waals surface area contributed by atoms with E-state index < -0.39 is 0 Å². The molecule has 0 fully saturated rings. The van der Waals surface area contributed by atoms with Crippen LogP contribution in [0.25, 0.3) is 22.4 Å². The van der Waals surface area contributed by atoms with E-state index >= 15 is 0 Å². The van der Waals surface area contributed by atoms with Crippen molar-refractivity contribution in [3.8, 4) is 11.4 Å². The SMILES string of the molecule is CCn1c(SCC(=O)NCc2nc3ccccc3n2CC)nnc1-c1cccc(C)c1. The second-order valence-corrected chi connectivity index (χ2v) is 8.19. The average molecular weight is 435 g/mol. The first-order chi connectivity index (χ1) is 15.1. The molecule has 4 aromatic rings. The number of aryl methyl sites for hydroxylation is 2. The van der Waals surface area contributed by atoms with Crippen LogP contribution >= 0.6 is 11.8 Å². The summed E-state index contributed by atoms with van der Waals surface area (Å²) in [7, 11) is 0. The van der Waals surface area contributed by atoms with Crippen LogP contribution in [0.15, 0.2) is 53.7 Å². The Morgan fingerprint density at radius 2 is 1.84 bits per heavy atom. The Morgan fingerprint density at radius 1 is 1.03 bits per heavy atom. The van der Waals surface area contributed by atoms with Crippen molar-refractivity contribution in [3.63, 3.8) is 0 Å². The van der Waals surface area contributed by atoms with Gasteiger partial charge >= 0.3 is 0 Å². The normalized spacial score (nSPS) is 11.2. The van der Waals surface area contributed by atoms with Crippen molar-refractivity contribution < 1.29 is 4.79 Å². The molecule has 0 saturated heterocycles. The van der Waals surface area contributed by atoms with Gasteiger partial charge in [-0.15, -0.1) is 10.2 Å². The third-order valence-electron chi connectivity index (χ3n) is 5.14. The van der Waals surface area contributed by atoms with Crippen LogP contribution in [-0.4, -0.2) is 36.0 Å². The smallest absolute Gasteiger partial charge is 0.230 e. The van der Waals surface area contributed by atoms with Crippen molar-refractivity contribution in [2.75, 3.05) is 5.75 Å². The Labute approximate surface area is 185 Å². The molecule has 0 aliphatic rings. The zero-order chi connectivity index (χ0) is 21.8. The highest BCUT2D eigenvalue weighted by Crippen LogP contribution is 2.24. The summed E-state index contributed by atoms with van der Waals surface area (Å²) in [6.07, 6.45) is 0. The molecule has 160 valence electrons. The molecule has 7 nitrogen and oxygen atoms in total. The molecule has 0 spiro atoms. The van der Waals surface area contributed by atoms with E-state index in [-0.39, 0.29) is 11.7 Å². The minimum absolute atomic E-state index is 0.0533. The molecule has 0 bridgehead atoms. The Hall–Kier alpha value is -3.13. The highest BCUT2D eigenvalue weighted by molar-refractivity contribution is 7.99. The zero-order valence-corrected chi connectivity index (χ0v) is 18.8. The van der Waals surface area contributed by atoms with Gasteiger partial charge in [-0.25, -0.2) is 4.98 Å². The summed E-state index contributed by atoms with van der Waals surface area (Å²) in [5.74, 6) is 1.91. The topological polar surface area (TPSA) is 77.6 Å². The summed E-state index contributed by atoms with van der Waals surface area (Å²) in [6, 6.07) is 16.2. The maximum Gasteiger partial charge on any atom is 0.230 e. The minimum Gasteiger partial charge on any atom is -0.348 e. The maximum atomic E-state index is 12.5. The van der Waals surface area contributed by atoms with Crippen LogP contribution < -0.4 is 5.32 Å². The van der Waals surface area contributed by atoms with Crippen LogP contribution in [0.2, 0.25) is 0 Å². The van der Waals surface area contributed by atoms with Crippen molar-refractivity contribution in [1.82, 2.24) is 29.6 Å². The van der Waals surface area contributed by atoms with E-state index in [0.29, 0.717) is 6.54 Å². The van der Waals surface area contributed by atoms with Crippen molar-refractivity contribution in [2.45, 2.75) is 45.6 Å². The fraction of sp³-hybridized carbons (Fsp3) is 0.304. The standard InChI is InChI=1S/C23H26N6OS/c1-4-28-19-12-7-6-11-18(19)25-20(28)14-24-21(30)15-31-23-27-26-22(29(23)5-2)17-10-8-9-16(3)13-17/h6-13H,4-5,14-15H2,1-3H3,(H,24,30). The number of carbonyl (C=O) groups is 1. The van der Waals surface area contributed by atoms with Gasteiger partial charge in [-0.05, 0) is 39.0 Å². The van der Waals surface area contributed by atoms with Gasteiger partial charge in [-0.3, -0.25) is 4.79 Å². The van der Waals surface area contributed by atoms with Crippen LogP contribution in [0.5, 0.6) is 0 Å². The summed E-state index contributed by atoms with van der Waals surface area (Å²) in [5.41, 5.74) is 4.24. The monoisotopic (exact) mass is 434 g/mol. The number of benzene rings is 2. The molecule has 1 amide bonds. The second kappa shape index (κ2) is 9.34. The zero-order valence-electron chi connectivity index (χ0n) is 18.0. The minimum atomic E-state index is -0.0533. The van der Waals surface area contributed by atoms with Gasteiger partial charge in [0.2, 0.25) is 5.91 Å².